The van der Waals surface area contributed by atoms with E-state index in [9.17, 15) is 4.79 Å². The molecule has 8 heteroatoms. The van der Waals surface area contributed by atoms with E-state index in [1.165, 1.54) is 18.4 Å². The van der Waals surface area contributed by atoms with Crippen LogP contribution in [0.3, 0.4) is 0 Å². The molecule has 154 valence electrons. The molecule has 2 N–H and O–H groups in total. The summed E-state index contributed by atoms with van der Waals surface area (Å²) in [7, 11) is 0. The monoisotopic (exact) mass is 419 g/mol. The fourth-order valence-electron chi connectivity index (χ4n) is 3.68. The molecule has 0 aromatic heterocycles. The first-order valence-electron chi connectivity index (χ1n) is 9.22. The van der Waals surface area contributed by atoms with Gasteiger partial charge in [0.15, 0.2) is 0 Å². The SMILES string of the molecule is Cl.Cl.O.O=C(c1ccc(CN2CCOCC2)cc1)N1CCN(C2CC2)CC1. The Morgan fingerprint density at radius 1 is 0.926 bits per heavy atom. The number of ether oxygens (including phenoxy) is 1. The second-order valence-corrected chi connectivity index (χ2v) is 7.14. The van der Waals surface area contributed by atoms with Crippen LogP contribution in [0.15, 0.2) is 24.3 Å². The van der Waals surface area contributed by atoms with E-state index < -0.39 is 0 Å². The molecule has 2 saturated heterocycles. The lowest BCUT2D eigenvalue weighted by Crippen LogP contribution is -2.49. The molecule has 27 heavy (non-hydrogen) atoms. The van der Waals surface area contributed by atoms with Crippen LogP contribution in [-0.4, -0.2) is 84.6 Å². The molecule has 2 aliphatic heterocycles. The van der Waals surface area contributed by atoms with Crippen molar-refractivity contribution in [1.29, 1.82) is 0 Å². The molecule has 0 bridgehead atoms. The standard InChI is InChI=1S/C19H27N3O2.2ClH.H2O/c23-19(22-9-7-21(8-10-22)18-5-6-18)17-3-1-16(2-4-17)15-20-11-13-24-14-12-20;;;/h1-4,18H,5-15H2;2*1H;1H2. The number of hydrogen-bond acceptors (Lipinski definition) is 4. The number of halogens is 2. The number of hydrogen-bond donors (Lipinski definition) is 0. The van der Waals surface area contributed by atoms with Crippen molar-refractivity contribution in [1.82, 2.24) is 14.7 Å². The van der Waals surface area contributed by atoms with Crippen LogP contribution in [-0.2, 0) is 11.3 Å². The smallest absolute Gasteiger partial charge is 0.253 e. The Morgan fingerprint density at radius 2 is 1.52 bits per heavy atom. The highest BCUT2D eigenvalue weighted by atomic mass is 35.5. The number of piperazine rings is 1. The zero-order valence-corrected chi connectivity index (χ0v) is 17.3. The largest absolute Gasteiger partial charge is 0.412 e. The number of carbonyl (C=O) groups is 1. The maximum Gasteiger partial charge on any atom is 0.253 e. The Morgan fingerprint density at radius 3 is 2.07 bits per heavy atom. The van der Waals surface area contributed by atoms with Gasteiger partial charge in [-0.2, -0.15) is 0 Å². The van der Waals surface area contributed by atoms with Gasteiger partial charge < -0.3 is 15.1 Å². The third kappa shape index (κ3) is 6.31. The van der Waals surface area contributed by atoms with Crippen molar-refractivity contribution in [2.24, 2.45) is 0 Å². The van der Waals surface area contributed by atoms with Crippen LogP contribution in [0, 0.1) is 0 Å². The summed E-state index contributed by atoms with van der Waals surface area (Å²) >= 11 is 0. The average Bonchev–Trinajstić information content (AvgIpc) is 3.48. The van der Waals surface area contributed by atoms with Gasteiger partial charge >= 0.3 is 0 Å². The molecule has 4 rings (SSSR count). The van der Waals surface area contributed by atoms with E-state index in [1.54, 1.807) is 0 Å². The second-order valence-electron chi connectivity index (χ2n) is 7.14. The lowest BCUT2D eigenvalue weighted by Gasteiger charge is -2.34. The molecular weight excluding hydrogens is 389 g/mol. The molecule has 0 spiro atoms. The summed E-state index contributed by atoms with van der Waals surface area (Å²) in [6, 6.07) is 8.99. The summed E-state index contributed by atoms with van der Waals surface area (Å²) < 4.78 is 5.39. The molecule has 3 aliphatic rings. The van der Waals surface area contributed by atoms with Crippen LogP contribution in [0.1, 0.15) is 28.8 Å². The van der Waals surface area contributed by atoms with Gasteiger partial charge in [-0.05, 0) is 30.5 Å². The van der Waals surface area contributed by atoms with E-state index in [-0.39, 0.29) is 36.2 Å². The lowest BCUT2D eigenvalue weighted by atomic mass is 10.1. The third-order valence-electron chi connectivity index (χ3n) is 5.38. The van der Waals surface area contributed by atoms with Gasteiger partial charge in [0.05, 0.1) is 13.2 Å². The van der Waals surface area contributed by atoms with Crippen molar-refractivity contribution in [2.45, 2.75) is 25.4 Å². The van der Waals surface area contributed by atoms with Crippen LogP contribution < -0.4 is 0 Å². The summed E-state index contributed by atoms with van der Waals surface area (Å²) in [5.74, 6) is 0.184. The number of benzene rings is 1. The average molecular weight is 420 g/mol. The van der Waals surface area contributed by atoms with E-state index >= 15 is 0 Å². The van der Waals surface area contributed by atoms with E-state index in [1.807, 2.05) is 17.0 Å². The van der Waals surface area contributed by atoms with Crippen molar-refractivity contribution < 1.29 is 15.0 Å². The van der Waals surface area contributed by atoms with Gasteiger partial charge in [-0.25, -0.2) is 0 Å². The van der Waals surface area contributed by atoms with Gasteiger partial charge in [-0.15, -0.1) is 24.8 Å². The third-order valence-corrected chi connectivity index (χ3v) is 5.38. The number of amides is 1. The lowest BCUT2D eigenvalue weighted by molar-refractivity contribution is 0.0342. The summed E-state index contributed by atoms with van der Waals surface area (Å²) in [4.78, 5) is 19.6. The second kappa shape index (κ2) is 11.2. The van der Waals surface area contributed by atoms with Gasteiger partial charge in [-0.3, -0.25) is 14.6 Å². The van der Waals surface area contributed by atoms with Crippen molar-refractivity contribution in [2.75, 3.05) is 52.5 Å². The van der Waals surface area contributed by atoms with Gasteiger partial charge in [0, 0.05) is 57.4 Å². The molecule has 0 unspecified atom stereocenters. The van der Waals surface area contributed by atoms with Crippen LogP contribution in [0.5, 0.6) is 0 Å². The molecule has 3 fully saturated rings. The maximum absolute atomic E-state index is 12.7. The molecule has 1 amide bonds. The van der Waals surface area contributed by atoms with E-state index in [0.717, 1.165) is 70.6 Å². The minimum Gasteiger partial charge on any atom is -0.412 e. The molecule has 0 atom stereocenters. The first kappa shape index (κ1) is 24.1. The number of morpholine rings is 1. The highest BCUT2D eigenvalue weighted by Gasteiger charge is 2.32. The molecule has 1 aliphatic carbocycles. The Bertz CT molecular complexity index is 570. The summed E-state index contributed by atoms with van der Waals surface area (Å²) in [5.41, 5.74) is 2.09. The zero-order valence-electron chi connectivity index (χ0n) is 15.6. The fourth-order valence-corrected chi connectivity index (χ4v) is 3.68. The predicted molar refractivity (Wildman–Crippen MR) is 111 cm³/mol. The topological polar surface area (TPSA) is 67.5 Å². The quantitative estimate of drug-likeness (QED) is 0.740. The van der Waals surface area contributed by atoms with Crippen LogP contribution >= 0.6 is 24.8 Å². The fraction of sp³-hybridized carbons (Fsp3) is 0.632. The van der Waals surface area contributed by atoms with Crippen LogP contribution in [0.4, 0.5) is 0 Å². The first-order chi connectivity index (χ1) is 11.8. The molecule has 1 saturated carbocycles. The Labute approximate surface area is 173 Å². The predicted octanol–water partition coefficient (Wildman–Crippen LogP) is 1.46. The Kier molecular flexibility index (Phi) is 10.0. The van der Waals surface area contributed by atoms with Crippen molar-refractivity contribution >= 4 is 30.7 Å². The van der Waals surface area contributed by atoms with Gasteiger partial charge in [0.2, 0.25) is 0 Å². The normalized spacial score (nSPS) is 20.8. The van der Waals surface area contributed by atoms with E-state index in [4.69, 9.17) is 4.74 Å². The molecule has 1 aromatic carbocycles. The molecular formula is C19H31Cl2N3O3. The van der Waals surface area contributed by atoms with E-state index in [2.05, 4.69) is 21.9 Å². The Balaban J connectivity index is 0.00000121. The van der Waals surface area contributed by atoms with Crippen LogP contribution in [0.25, 0.3) is 0 Å². The summed E-state index contributed by atoms with van der Waals surface area (Å²) in [5, 5.41) is 0. The van der Waals surface area contributed by atoms with Crippen LogP contribution in [0.2, 0.25) is 0 Å². The maximum atomic E-state index is 12.7. The Hall–Kier alpha value is -0.890. The van der Waals surface area contributed by atoms with Crippen molar-refractivity contribution in [3.8, 4) is 0 Å². The zero-order chi connectivity index (χ0) is 16.4. The first-order valence-corrected chi connectivity index (χ1v) is 9.22. The number of nitrogens with zero attached hydrogens (tertiary/aromatic N) is 3. The van der Waals surface area contributed by atoms with Crippen molar-refractivity contribution in [3.05, 3.63) is 35.4 Å². The minimum absolute atomic E-state index is 0. The summed E-state index contributed by atoms with van der Waals surface area (Å²) in [6.07, 6.45) is 2.69. The molecule has 0 radical (unpaired) electrons. The molecule has 1 aromatic rings. The molecule has 2 heterocycles. The number of carbonyl (C=O) groups excluding carboxylic acids is 1. The van der Waals surface area contributed by atoms with Gasteiger partial charge in [0.1, 0.15) is 0 Å². The van der Waals surface area contributed by atoms with Gasteiger partial charge in [-0.1, -0.05) is 12.1 Å². The summed E-state index contributed by atoms with van der Waals surface area (Å²) in [6.45, 7) is 8.37. The van der Waals surface area contributed by atoms with E-state index in [0.29, 0.717) is 0 Å². The highest BCUT2D eigenvalue weighted by Crippen LogP contribution is 2.27. The number of rotatable bonds is 4. The molecule has 6 nitrogen and oxygen atoms in total. The highest BCUT2D eigenvalue weighted by molar-refractivity contribution is 5.94. The minimum atomic E-state index is 0. The van der Waals surface area contributed by atoms with Gasteiger partial charge in [0.25, 0.3) is 5.91 Å². The van der Waals surface area contributed by atoms with Crippen molar-refractivity contribution in [3.63, 3.8) is 0 Å².